The monoisotopic (exact) mass is 271 g/mol. The Balaban J connectivity index is 2.29. The molecule has 1 amide bonds. The molecular formula is C16H17NOS. The van der Waals surface area contributed by atoms with Crippen molar-refractivity contribution in [2.75, 3.05) is 0 Å². The molecule has 0 aliphatic carbocycles. The molecule has 2 aromatic carbocycles. The van der Waals surface area contributed by atoms with Crippen LogP contribution in [-0.2, 0) is 4.79 Å². The number of thioether (sulfide) groups is 1. The van der Waals surface area contributed by atoms with Gasteiger partial charge in [0, 0.05) is 4.90 Å². The minimum atomic E-state index is -0.345. The van der Waals surface area contributed by atoms with Crippen LogP contribution in [0.3, 0.4) is 0 Å². The summed E-state index contributed by atoms with van der Waals surface area (Å²) in [5, 5.41) is -0.345. The van der Waals surface area contributed by atoms with Crippen LogP contribution in [0.25, 0.3) is 0 Å². The van der Waals surface area contributed by atoms with E-state index in [0.717, 1.165) is 10.5 Å². The summed E-state index contributed by atoms with van der Waals surface area (Å²) in [4.78, 5) is 12.8. The van der Waals surface area contributed by atoms with E-state index in [0.29, 0.717) is 0 Å². The second-order valence-electron chi connectivity index (χ2n) is 4.58. The molecule has 19 heavy (non-hydrogen) atoms. The van der Waals surface area contributed by atoms with Gasteiger partial charge in [-0.15, -0.1) is 11.8 Å². The summed E-state index contributed by atoms with van der Waals surface area (Å²) in [7, 11) is 0. The summed E-state index contributed by atoms with van der Waals surface area (Å²) in [6.45, 7) is 4.11. The molecule has 0 heterocycles. The Labute approximate surface area is 118 Å². The van der Waals surface area contributed by atoms with Crippen molar-refractivity contribution in [2.24, 2.45) is 5.73 Å². The van der Waals surface area contributed by atoms with E-state index in [1.165, 1.54) is 22.9 Å². The minimum absolute atomic E-state index is 0.309. The van der Waals surface area contributed by atoms with Crippen molar-refractivity contribution in [3.05, 3.63) is 65.2 Å². The van der Waals surface area contributed by atoms with Crippen LogP contribution in [0.2, 0.25) is 0 Å². The highest BCUT2D eigenvalue weighted by Crippen LogP contribution is 2.36. The molecule has 0 saturated heterocycles. The number of nitrogens with two attached hydrogens (primary N) is 1. The lowest BCUT2D eigenvalue weighted by Crippen LogP contribution is -2.18. The highest BCUT2D eigenvalue weighted by Gasteiger charge is 2.19. The topological polar surface area (TPSA) is 43.1 Å². The van der Waals surface area contributed by atoms with Gasteiger partial charge in [-0.25, -0.2) is 0 Å². The summed E-state index contributed by atoms with van der Waals surface area (Å²) in [6.07, 6.45) is 0. The molecule has 2 nitrogen and oxygen atoms in total. The predicted octanol–water partition coefficient (Wildman–Crippen LogP) is 3.62. The van der Waals surface area contributed by atoms with Crippen LogP contribution in [0.15, 0.2) is 53.4 Å². The number of aryl methyl sites for hydroxylation is 2. The number of carbonyl (C=O) groups excluding carboxylic acids is 1. The molecule has 0 bridgehead atoms. The third kappa shape index (κ3) is 3.38. The Kier molecular flexibility index (Phi) is 4.27. The van der Waals surface area contributed by atoms with E-state index in [2.05, 4.69) is 26.0 Å². The molecule has 1 atom stereocenters. The van der Waals surface area contributed by atoms with Crippen LogP contribution in [-0.4, -0.2) is 5.91 Å². The maximum atomic E-state index is 11.7. The third-order valence-corrected chi connectivity index (χ3v) is 4.39. The van der Waals surface area contributed by atoms with Crippen LogP contribution in [0.1, 0.15) is 21.9 Å². The van der Waals surface area contributed by atoms with Gasteiger partial charge in [-0.2, -0.15) is 0 Å². The standard InChI is InChI=1S/C16H17NOS/c1-11-8-9-14(12(2)10-11)19-15(16(17)18)13-6-4-3-5-7-13/h3-10,15H,1-2H3,(H2,17,18). The molecule has 0 spiro atoms. The van der Waals surface area contributed by atoms with Gasteiger partial charge >= 0.3 is 0 Å². The molecule has 0 aliphatic heterocycles. The van der Waals surface area contributed by atoms with E-state index in [-0.39, 0.29) is 11.2 Å². The van der Waals surface area contributed by atoms with Gasteiger partial charge in [0.05, 0.1) is 0 Å². The first-order valence-corrected chi connectivity index (χ1v) is 7.04. The van der Waals surface area contributed by atoms with Crippen molar-refractivity contribution < 1.29 is 4.79 Å². The number of hydrogen-bond donors (Lipinski definition) is 1. The second-order valence-corrected chi connectivity index (χ2v) is 5.73. The molecule has 1 unspecified atom stereocenters. The predicted molar refractivity (Wildman–Crippen MR) is 80.2 cm³/mol. The quantitative estimate of drug-likeness (QED) is 0.863. The number of hydrogen-bond acceptors (Lipinski definition) is 2. The van der Waals surface area contributed by atoms with E-state index < -0.39 is 0 Å². The van der Waals surface area contributed by atoms with Crippen LogP contribution in [0.4, 0.5) is 0 Å². The van der Waals surface area contributed by atoms with Gasteiger partial charge in [0.25, 0.3) is 0 Å². The number of primary amides is 1. The Morgan fingerprint density at radius 2 is 1.79 bits per heavy atom. The molecule has 0 fully saturated rings. The average molecular weight is 271 g/mol. The minimum Gasteiger partial charge on any atom is -0.368 e. The first-order chi connectivity index (χ1) is 9.08. The van der Waals surface area contributed by atoms with Crippen LogP contribution in [0, 0.1) is 13.8 Å². The van der Waals surface area contributed by atoms with Crippen molar-refractivity contribution in [3.8, 4) is 0 Å². The lowest BCUT2D eigenvalue weighted by molar-refractivity contribution is -0.117. The Morgan fingerprint density at radius 1 is 1.11 bits per heavy atom. The molecular weight excluding hydrogens is 254 g/mol. The van der Waals surface area contributed by atoms with Crippen molar-refractivity contribution in [3.63, 3.8) is 0 Å². The normalized spacial score (nSPS) is 12.1. The summed E-state index contributed by atoms with van der Waals surface area (Å²) in [5.74, 6) is -0.309. The number of benzene rings is 2. The van der Waals surface area contributed by atoms with E-state index in [1.54, 1.807) is 0 Å². The smallest absolute Gasteiger partial charge is 0.235 e. The van der Waals surface area contributed by atoms with E-state index >= 15 is 0 Å². The fourth-order valence-electron chi connectivity index (χ4n) is 1.98. The Morgan fingerprint density at radius 3 is 2.37 bits per heavy atom. The summed E-state index contributed by atoms with van der Waals surface area (Å²) >= 11 is 1.51. The van der Waals surface area contributed by atoms with Crippen molar-refractivity contribution >= 4 is 17.7 Å². The molecule has 0 saturated carbocycles. The molecule has 0 aliphatic rings. The summed E-state index contributed by atoms with van der Waals surface area (Å²) in [6, 6.07) is 15.9. The SMILES string of the molecule is Cc1ccc(SC(C(N)=O)c2ccccc2)c(C)c1. The molecule has 0 aromatic heterocycles. The molecule has 2 rings (SSSR count). The number of carbonyl (C=O) groups is 1. The Hall–Kier alpha value is -1.74. The lowest BCUT2D eigenvalue weighted by atomic mass is 10.1. The molecule has 98 valence electrons. The zero-order valence-corrected chi connectivity index (χ0v) is 11.9. The van der Waals surface area contributed by atoms with Crippen molar-refractivity contribution in [1.82, 2.24) is 0 Å². The Bertz CT molecular complexity index is 581. The maximum absolute atomic E-state index is 11.7. The van der Waals surface area contributed by atoms with Crippen molar-refractivity contribution in [1.29, 1.82) is 0 Å². The van der Waals surface area contributed by atoms with Crippen molar-refractivity contribution in [2.45, 2.75) is 24.0 Å². The molecule has 2 N–H and O–H groups in total. The van der Waals surface area contributed by atoms with Gasteiger partial charge in [0.1, 0.15) is 5.25 Å². The van der Waals surface area contributed by atoms with Gasteiger partial charge in [0.2, 0.25) is 5.91 Å². The first-order valence-electron chi connectivity index (χ1n) is 6.16. The van der Waals surface area contributed by atoms with Crippen LogP contribution < -0.4 is 5.73 Å². The van der Waals surface area contributed by atoms with E-state index in [4.69, 9.17) is 5.73 Å². The fraction of sp³-hybridized carbons (Fsp3) is 0.188. The summed E-state index contributed by atoms with van der Waals surface area (Å²) in [5.41, 5.74) is 8.87. The van der Waals surface area contributed by atoms with Crippen LogP contribution >= 0.6 is 11.8 Å². The molecule has 2 aromatic rings. The van der Waals surface area contributed by atoms with E-state index in [9.17, 15) is 4.79 Å². The fourth-order valence-corrected chi connectivity index (χ4v) is 3.03. The van der Waals surface area contributed by atoms with Gasteiger partial charge in [-0.05, 0) is 31.0 Å². The molecule has 0 radical (unpaired) electrons. The van der Waals surface area contributed by atoms with Gasteiger partial charge in [-0.1, -0.05) is 48.0 Å². The van der Waals surface area contributed by atoms with Gasteiger partial charge in [-0.3, -0.25) is 4.79 Å². The third-order valence-electron chi connectivity index (χ3n) is 2.94. The zero-order chi connectivity index (χ0) is 13.8. The van der Waals surface area contributed by atoms with E-state index in [1.807, 2.05) is 36.4 Å². The number of rotatable bonds is 4. The number of amides is 1. The van der Waals surface area contributed by atoms with Gasteiger partial charge < -0.3 is 5.73 Å². The zero-order valence-electron chi connectivity index (χ0n) is 11.1. The average Bonchev–Trinajstić information content (AvgIpc) is 2.38. The molecule has 3 heteroatoms. The maximum Gasteiger partial charge on any atom is 0.235 e. The highest BCUT2D eigenvalue weighted by molar-refractivity contribution is 8.00. The largest absolute Gasteiger partial charge is 0.368 e. The van der Waals surface area contributed by atoms with Gasteiger partial charge in [0.15, 0.2) is 0 Å². The second kappa shape index (κ2) is 5.93. The first kappa shape index (κ1) is 13.7. The van der Waals surface area contributed by atoms with Crippen LogP contribution in [0.5, 0.6) is 0 Å². The highest BCUT2D eigenvalue weighted by atomic mass is 32.2. The summed E-state index contributed by atoms with van der Waals surface area (Å²) < 4.78 is 0. The lowest BCUT2D eigenvalue weighted by Gasteiger charge is -2.15.